The molecule has 0 saturated heterocycles. The van der Waals surface area contributed by atoms with Crippen LogP contribution >= 0.6 is 0 Å². The van der Waals surface area contributed by atoms with E-state index in [1.807, 2.05) is 42.5 Å². The van der Waals surface area contributed by atoms with Crippen molar-refractivity contribution in [3.05, 3.63) is 83.7 Å². The molecule has 228 valence electrons. The second kappa shape index (κ2) is 16.3. The fourth-order valence-electron chi connectivity index (χ4n) is 4.41. The zero-order chi connectivity index (χ0) is 31.2. The van der Waals surface area contributed by atoms with Crippen molar-refractivity contribution in [1.82, 2.24) is 16.0 Å². The van der Waals surface area contributed by atoms with Gasteiger partial charge >= 0.3 is 0 Å². The average Bonchev–Trinajstić information content (AvgIpc) is 2.98. The lowest BCUT2D eigenvalue weighted by atomic mass is 10.0. The predicted octanol–water partition coefficient (Wildman–Crippen LogP) is 0.986. The van der Waals surface area contributed by atoms with Gasteiger partial charge in [0.25, 0.3) is 5.91 Å². The maximum Gasteiger partial charge on any atom is 0.251 e. The Morgan fingerprint density at radius 3 is 1.93 bits per heavy atom. The fourth-order valence-corrected chi connectivity index (χ4v) is 4.41. The molecule has 0 aliphatic rings. The van der Waals surface area contributed by atoms with Gasteiger partial charge in [-0.2, -0.15) is 0 Å². The van der Waals surface area contributed by atoms with Crippen LogP contribution in [0.3, 0.4) is 0 Å². The minimum absolute atomic E-state index is 0.0784. The van der Waals surface area contributed by atoms with Gasteiger partial charge in [-0.3, -0.25) is 24.4 Å². The van der Waals surface area contributed by atoms with Crippen LogP contribution in [0.15, 0.2) is 76.7 Å². The van der Waals surface area contributed by atoms with Crippen molar-refractivity contribution in [2.75, 3.05) is 13.1 Å². The van der Waals surface area contributed by atoms with Crippen LogP contribution in [0.5, 0.6) is 0 Å². The highest BCUT2D eigenvalue weighted by Crippen LogP contribution is 2.18. The van der Waals surface area contributed by atoms with E-state index in [0.29, 0.717) is 12.8 Å². The highest BCUT2D eigenvalue weighted by atomic mass is 19.1. The third-order valence-electron chi connectivity index (χ3n) is 6.58. The number of amides is 3. The van der Waals surface area contributed by atoms with E-state index in [-0.39, 0.29) is 50.0 Å². The number of carbonyl (C=O) groups is 3. The third kappa shape index (κ3) is 10.6. The number of carbonyl (C=O) groups excluding carboxylic acids is 3. The highest BCUT2D eigenvalue weighted by molar-refractivity contribution is 5.98. The van der Waals surface area contributed by atoms with Gasteiger partial charge in [-0.1, -0.05) is 42.5 Å². The average molecular weight is 592 g/mol. The van der Waals surface area contributed by atoms with Crippen molar-refractivity contribution < 1.29 is 18.8 Å². The number of nitrogens with one attached hydrogen (secondary N) is 3. The van der Waals surface area contributed by atoms with Gasteiger partial charge in [-0.15, -0.1) is 0 Å². The van der Waals surface area contributed by atoms with Crippen molar-refractivity contribution in [2.45, 2.75) is 44.3 Å². The number of aliphatic imine (C=N–C) groups is 2. The second-order valence-corrected chi connectivity index (χ2v) is 9.85. The summed E-state index contributed by atoms with van der Waals surface area (Å²) >= 11 is 0. The van der Waals surface area contributed by atoms with E-state index < -0.39 is 35.6 Å². The molecule has 3 aromatic carbocycles. The molecule has 12 nitrogen and oxygen atoms in total. The summed E-state index contributed by atoms with van der Waals surface area (Å²) < 4.78 is 13.4. The number of nitrogens with two attached hydrogens (primary N) is 4. The topological polar surface area (TPSA) is 216 Å². The number of nitrogens with zero attached hydrogens (tertiary/aromatic N) is 2. The molecule has 13 heteroatoms. The molecule has 11 N–H and O–H groups in total. The molecule has 0 unspecified atom stereocenters. The Bertz CT molecular complexity index is 1450. The molecule has 0 fully saturated rings. The summed E-state index contributed by atoms with van der Waals surface area (Å²) in [6, 6.07) is 16.6. The molecule has 0 radical (unpaired) electrons. The summed E-state index contributed by atoms with van der Waals surface area (Å²) in [5.41, 5.74) is 22.7. The smallest absolute Gasteiger partial charge is 0.251 e. The summed E-state index contributed by atoms with van der Waals surface area (Å²) in [4.78, 5) is 47.6. The van der Waals surface area contributed by atoms with E-state index in [4.69, 9.17) is 22.9 Å². The van der Waals surface area contributed by atoms with Crippen LogP contribution in [0.2, 0.25) is 0 Å². The Hall–Kier alpha value is -5.20. The Morgan fingerprint density at radius 2 is 1.30 bits per heavy atom. The van der Waals surface area contributed by atoms with Crippen LogP contribution in [0.1, 0.15) is 41.6 Å². The molecule has 0 aromatic heterocycles. The minimum Gasteiger partial charge on any atom is -0.370 e. The Morgan fingerprint density at radius 1 is 0.721 bits per heavy atom. The Labute approximate surface area is 249 Å². The lowest BCUT2D eigenvalue weighted by Gasteiger charge is -2.23. The lowest BCUT2D eigenvalue weighted by molar-refractivity contribution is -0.130. The van der Waals surface area contributed by atoms with E-state index in [1.54, 1.807) is 0 Å². The van der Waals surface area contributed by atoms with Gasteiger partial charge in [0.1, 0.15) is 17.9 Å². The lowest BCUT2D eigenvalue weighted by Crippen LogP contribution is -2.53. The van der Waals surface area contributed by atoms with E-state index >= 15 is 0 Å². The minimum atomic E-state index is -1.03. The normalized spacial score (nSPS) is 12.0. The standard InChI is InChI=1S/C30H38FN9O3/c31-22-14-12-20(13-15-22)26(41)39-25(11-5-17-37-30(34)35)28(43)40-24(10-4-16-36-29(32)33)27(42)38-18-21-8-3-7-19-6-1-2-9-23(19)21/h1-3,6-9,12-15,24-25H,4-5,10-11,16-18H2,(H,38,42)(H,39,41)(H,40,43)(H4,32,33,36)(H4,34,35,37)/t24-,25-/m0/s1. The van der Waals surface area contributed by atoms with Crippen molar-refractivity contribution in [1.29, 1.82) is 0 Å². The zero-order valence-corrected chi connectivity index (χ0v) is 23.8. The summed E-state index contributed by atoms with van der Waals surface area (Å²) in [7, 11) is 0. The van der Waals surface area contributed by atoms with Crippen molar-refractivity contribution in [3.8, 4) is 0 Å². The van der Waals surface area contributed by atoms with Crippen LogP contribution in [-0.4, -0.2) is 54.8 Å². The molecule has 0 aliphatic heterocycles. The second-order valence-electron chi connectivity index (χ2n) is 9.85. The first-order valence-corrected chi connectivity index (χ1v) is 13.9. The first kappa shape index (κ1) is 32.3. The van der Waals surface area contributed by atoms with E-state index in [9.17, 15) is 18.8 Å². The van der Waals surface area contributed by atoms with Gasteiger partial charge in [-0.05, 0) is 66.3 Å². The predicted molar refractivity (Wildman–Crippen MR) is 165 cm³/mol. The van der Waals surface area contributed by atoms with E-state index in [2.05, 4.69) is 25.9 Å². The largest absolute Gasteiger partial charge is 0.370 e. The van der Waals surface area contributed by atoms with Gasteiger partial charge < -0.3 is 38.9 Å². The molecule has 0 saturated carbocycles. The molecular formula is C30H38FN9O3. The summed E-state index contributed by atoms with van der Waals surface area (Å²) in [6.07, 6.45) is 1.17. The van der Waals surface area contributed by atoms with Crippen LogP contribution in [0.25, 0.3) is 10.8 Å². The summed E-state index contributed by atoms with van der Waals surface area (Å²) in [6.45, 7) is 0.726. The molecule has 43 heavy (non-hydrogen) atoms. The molecular weight excluding hydrogens is 553 g/mol. The van der Waals surface area contributed by atoms with Crippen LogP contribution in [-0.2, 0) is 16.1 Å². The van der Waals surface area contributed by atoms with Crippen LogP contribution in [0, 0.1) is 5.82 Å². The third-order valence-corrected chi connectivity index (χ3v) is 6.58. The maximum atomic E-state index is 13.5. The molecule has 0 heterocycles. The highest BCUT2D eigenvalue weighted by Gasteiger charge is 2.27. The number of hydrogen-bond acceptors (Lipinski definition) is 5. The monoisotopic (exact) mass is 591 g/mol. The van der Waals surface area contributed by atoms with Crippen molar-refractivity contribution >= 4 is 40.4 Å². The number of fused-ring (bicyclic) bond motifs is 1. The van der Waals surface area contributed by atoms with Gasteiger partial charge in [0.05, 0.1) is 0 Å². The van der Waals surface area contributed by atoms with Gasteiger partial charge in [0.15, 0.2) is 11.9 Å². The van der Waals surface area contributed by atoms with Crippen LogP contribution < -0.4 is 38.9 Å². The first-order valence-electron chi connectivity index (χ1n) is 13.9. The molecule has 3 rings (SSSR count). The van der Waals surface area contributed by atoms with Gasteiger partial charge in [-0.25, -0.2) is 4.39 Å². The molecule has 0 aliphatic carbocycles. The fraction of sp³-hybridized carbons (Fsp3) is 0.300. The number of halogens is 1. The number of hydrogen-bond donors (Lipinski definition) is 7. The molecule has 2 atom stereocenters. The van der Waals surface area contributed by atoms with Gasteiger partial charge in [0, 0.05) is 25.2 Å². The quantitative estimate of drug-likeness (QED) is 0.0771. The Kier molecular flexibility index (Phi) is 12.2. The maximum absolute atomic E-state index is 13.5. The molecule has 0 spiro atoms. The van der Waals surface area contributed by atoms with Crippen LogP contribution in [0.4, 0.5) is 4.39 Å². The van der Waals surface area contributed by atoms with E-state index in [0.717, 1.165) is 28.5 Å². The SMILES string of the molecule is NC(N)=NCCC[C@H](NC(=O)c1ccc(F)cc1)C(=O)N[C@@H](CCCN=C(N)N)C(=O)NCc1cccc2ccccc12. The number of rotatable bonds is 15. The van der Waals surface area contributed by atoms with Gasteiger partial charge in [0.2, 0.25) is 11.8 Å². The summed E-state index contributed by atoms with van der Waals surface area (Å²) in [5.74, 6) is -2.24. The zero-order valence-electron chi connectivity index (χ0n) is 23.8. The first-order chi connectivity index (χ1) is 20.6. The molecule has 3 aromatic rings. The molecule has 0 bridgehead atoms. The van der Waals surface area contributed by atoms with Crippen molar-refractivity contribution in [3.63, 3.8) is 0 Å². The van der Waals surface area contributed by atoms with Crippen molar-refractivity contribution in [2.24, 2.45) is 32.9 Å². The summed E-state index contributed by atoms with van der Waals surface area (Å²) in [5, 5.41) is 10.4. The number of guanidine groups is 2. The Balaban J connectivity index is 1.75. The number of benzene rings is 3. The van der Waals surface area contributed by atoms with E-state index in [1.165, 1.54) is 12.1 Å². The molecule has 3 amide bonds.